The van der Waals surface area contributed by atoms with E-state index in [1.54, 1.807) is 0 Å². The molecule has 2 heterocycles. The van der Waals surface area contributed by atoms with Gasteiger partial charge in [-0.25, -0.2) is 0 Å². The highest BCUT2D eigenvalue weighted by molar-refractivity contribution is 14.0. The molecule has 0 bridgehead atoms. The van der Waals surface area contributed by atoms with E-state index < -0.39 is 0 Å². The number of nitrogens with one attached hydrogen (secondary N) is 2. The van der Waals surface area contributed by atoms with E-state index in [0.29, 0.717) is 5.92 Å². The Morgan fingerprint density at radius 1 is 1.20 bits per heavy atom. The second-order valence-electron chi connectivity index (χ2n) is 7.05. The lowest BCUT2D eigenvalue weighted by Gasteiger charge is -2.28. The van der Waals surface area contributed by atoms with Crippen molar-refractivity contribution >= 4 is 29.9 Å². The highest BCUT2D eigenvalue weighted by Crippen LogP contribution is 2.16. The predicted octanol–water partition coefficient (Wildman–Crippen LogP) is 1.94. The molecule has 1 unspecified atom stereocenters. The lowest BCUT2D eigenvalue weighted by atomic mass is 9.97. The maximum absolute atomic E-state index is 5.74. The smallest absolute Gasteiger partial charge is 0.191 e. The van der Waals surface area contributed by atoms with Crippen LogP contribution in [0.15, 0.2) is 4.99 Å². The first-order valence-electron chi connectivity index (χ1n) is 9.64. The summed E-state index contributed by atoms with van der Waals surface area (Å²) in [7, 11) is 2.20. The summed E-state index contributed by atoms with van der Waals surface area (Å²) in [6.45, 7) is 10.7. The number of nitrogens with zero attached hydrogens (tertiary/aromatic N) is 2. The fraction of sp³-hybridized carbons (Fsp3) is 0.944. The highest BCUT2D eigenvalue weighted by atomic mass is 127. The minimum atomic E-state index is 0. The SMILES string of the molecule is CCNC(=NCC1CCN(C)CC1)NCCCOCC1CCOC1.I. The molecule has 1 atom stereocenters. The van der Waals surface area contributed by atoms with Crippen LogP contribution >= 0.6 is 24.0 Å². The van der Waals surface area contributed by atoms with Crippen LogP contribution in [0.1, 0.15) is 32.6 Å². The Morgan fingerprint density at radius 3 is 2.68 bits per heavy atom. The average Bonchev–Trinajstić information content (AvgIpc) is 3.10. The third kappa shape index (κ3) is 9.96. The normalized spacial score (nSPS) is 22.6. The summed E-state index contributed by atoms with van der Waals surface area (Å²) in [6, 6.07) is 0. The van der Waals surface area contributed by atoms with Crippen molar-refractivity contribution in [3.63, 3.8) is 0 Å². The van der Waals surface area contributed by atoms with Crippen LogP contribution in [0.3, 0.4) is 0 Å². The molecular weight excluding hydrogens is 431 g/mol. The van der Waals surface area contributed by atoms with Crippen LogP contribution in [-0.2, 0) is 9.47 Å². The van der Waals surface area contributed by atoms with Gasteiger partial charge in [0.25, 0.3) is 0 Å². The molecule has 2 aliphatic rings. The Balaban J connectivity index is 0.00000312. The molecule has 25 heavy (non-hydrogen) atoms. The van der Waals surface area contributed by atoms with E-state index in [-0.39, 0.29) is 24.0 Å². The first kappa shape index (κ1) is 22.9. The summed E-state index contributed by atoms with van der Waals surface area (Å²) in [6.07, 6.45) is 4.68. The summed E-state index contributed by atoms with van der Waals surface area (Å²) >= 11 is 0. The monoisotopic (exact) mass is 468 g/mol. The molecule has 148 valence electrons. The third-order valence-corrected chi connectivity index (χ3v) is 4.83. The highest BCUT2D eigenvalue weighted by Gasteiger charge is 2.16. The number of aliphatic imine (C=N–C) groups is 1. The van der Waals surface area contributed by atoms with E-state index in [9.17, 15) is 0 Å². The zero-order chi connectivity index (χ0) is 17.0. The van der Waals surface area contributed by atoms with Crippen molar-refractivity contribution < 1.29 is 9.47 Å². The predicted molar refractivity (Wildman–Crippen MR) is 114 cm³/mol. The van der Waals surface area contributed by atoms with Gasteiger partial charge in [-0.05, 0) is 58.7 Å². The minimum Gasteiger partial charge on any atom is -0.381 e. The maximum Gasteiger partial charge on any atom is 0.191 e. The number of ether oxygens (including phenoxy) is 2. The van der Waals surface area contributed by atoms with Gasteiger partial charge in [0, 0.05) is 38.8 Å². The van der Waals surface area contributed by atoms with Crippen LogP contribution in [0.25, 0.3) is 0 Å². The van der Waals surface area contributed by atoms with Gasteiger partial charge in [-0.2, -0.15) is 0 Å². The van der Waals surface area contributed by atoms with Crippen LogP contribution in [-0.4, -0.2) is 77.1 Å². The second kappa shape index (κ2) is 14.0. The van der Waals surface area contributed by atoms with E-state index >= 15 is 0 Å². The Hall–Kier alpha value is -0.120. The molecule has 0 saturated carbocycles. The van der Waals surface area contributed by atoms with E-state index in [1.165, 1.54) is 25.9 Å². The quantitative estimate of drug-likeness (QED) is 0.235. The van der Waals surface area contributed by atoms with Crippen molar-refractivity contribution in [3.05, 3.63) is 0 Å². The van der Waals surface area contributed by atoms with E-state index in [0.717, 1.165) is 70.8 Å². The molecule has 2 saturated heterocycles. The molecule has 0 radical (unpaired) electrons. The van der Waals surface area contributed by atoms with Crippen molar-refractivity contribution in [2.75, 3.05) is 66.2 Å². The molecule has 2 aliphatic heterocycles. The number of guanidine groups is 1. The van der Waals surface area contributed by atoms with Crippen molar-refractivity contribution in [3.8, 4) is 0 Å². The topological polar surface area (TPSA) is 58.1 Å². The van der Waals surface area contributed by atoms with Crippen LogP contribution in [0, 0.1) is 11.8 Å². The summed E-state index contributed by atoms with van der Waals surface area (Å²) < 4.78 is 11.1. The second-order valence-corrected chi connectivity index (χ2v) is 7.05. The Kier molecular flexibility index (Phi) is 12.8. The van der Waals surface area contributed by atoms with Gasteiger partial charge in [0.1, 0.15) is 0 Å². The Morgan fingerprint density at radius 2 is 2.00 bits per heavy atom. The molecule has 0 aromatic rings. The number of piperidine rings is 1. The fourth-order valence-electron chi connectivity index (χ4n) is 3.15. The van der Waals surface area contributed by atoms with Crippen molar-refractivity contribution in [1.29, 1.82) is 0 Å². The maximum atomic E-state index is 5.74. The molecule has 0 aliphatic carbocycles. The fourth-order valence-corrected chi connectivity index (χ4v) is 3.15. The molecule has 2 rings (SSSR count). The molecule has 7 heteroatoms. The summed E-state index contributed by atoms with van der Waals surface area (Å²) in [5, 5.41) is 6.76. The minimum absolute atomic E-state index is 0. The molecule has 2 N–H and O–H groups in total. The van der Waals surface area contributed by atoms with Gasteiger partial charge in [0.15, 0.2) is 5.96 Å². The molecule has 2 fully saturated rings. The zero-order valence-electron chi connectivity index (χ0n) is 16.0. The van der Waals surface area contributed by atoms with Gasteiger partial charge >= 0.3 is 0 Å². The number of rotatable bonds is 9. The first-order chi connectivity index (χ1) is 11.8. The van der Waals surface area contributed by atoms with Crippen LogP contribution < -0.4 is 10.6 Å². The molecule has 0 spiro atoms. The van der Waals surface area contributed by atoms with E-state index in [4.69, 9.17) is 14.5 Å². The van der Waals surface area contributed by atoms with E-state index in [1.807, 2.05) is 0 Å². The largest absolute Gasteiger partial charge is 0.381 e. The Bertz CT molecular complexity index is 357. The summed E-state index contributed by atoms with van der Waals surface area (Å²) in [4.78, 5) is 7.17. The number of likely N-dealkylation sites (tertiary alicyclic amines) is 1. The van der Waals surface area contributed by atoms with Crippen LogP contribution in [0.4, 0.5) is 0 Å². The van der Waals surface area contributed by atoms with Gasteiger partial charge in [-0.15, -0.1) is 24.0 Å². The number of hydrogen-bond donors (Lipinski definition) is 2. The molecule has 6 nitrogen and oxygen atoms in total. The van der Waals surface area contributed by atoms with Gasteiger partial charge in [0.05, 0.1) is 13.2 Å². The lowest BCUT2D eigenvalue weighted by Crippen LogP contribution is -2.39. The number of halogens is 1. The third-order valence-electron chi connectivity index (χ3n) is 4.83. The van der Waals surface area contributed by atoms with Gasteiger partial charge in [0.2, 0.25) is 0 Å². The molecular formula is C18H37IN4O2. The van der Waals surface area contributed by atoms with Crippen molar-refractivity contribution in [2.45, 2.75) is 32.6 Å². The molecule has 0 amide bonds. The first-order valence-corrected chi connectivity index (χ1v) is 9.64. The van der Waals surface area contributed by atoms with E-state index in [2.05, 4.69) is 29.5 Å². The number of hydrogen-bond acceptors (Lipinski definition) is 4. The standard InChI is InChI=1S/C18H36N4O2.HI/c1-3-19-18(21-13-16-5-9-22(2)10-6-16)20-8-4-11-23-14-17-7-12-24-15-17;/h16-17H,3-15H2,1-2H3,(H2,19,20,21);1H. The van der Waals surface area contributed by atoms with Crippen molar-refractivity contribution in [2.24, 2.45) is 16.8 Å². The summed E-state index contributed by atoms with van der Waals surface area (Å²) in [5.74, 6) is 2.28. The van der Waals surface area contributed by atoms with Gasteiger partial charge in [-0.1, -0.05) is 0 Å². The van der Waals surface area contributed by atoms with Gasteiger partial charge in [-0.3, -0.25) is 4.99 Å². The zero-order valence-corrected chi connectivity index (χ0v) is 18.3. The Labute approximate surface area is 170 Å². The summed E-state index contributed by atoms with van der Waals surface area (Å²) in [5.41, 5.74) is 0. The van der Waals surface area contributed by atoms with Gasteiger partial charge < -0.3 is 25.0 Å². The molecule has 0 aromatic heterocycles. The lowest BCUT2D eigenvalue weighted by molar-refractivity contribution is 0.0888. The molecule has 0 aromatic carbocycles. The average molecular weight is 468 g/mol. The van der Waals surface area contributed by atoms with Crippen LogP contribution in [0.5, 0.6) is 0 Å². The van der Waals surface area contributed by atoms with Crippen molar-refractivity contribution in [1.82, 2.24) is 15.5 Å². The van der Waals surface area contributed by atoms with Crippen LogP contribution in [0.2, 0.25) is 0 Å².